The minimum Gasteiger partial charge on any atom is -0.467 e. The fourth-order valence-corrected chi connectivity index (χ4v) is 3.37. The maximum Gasteiger partial charge on any atom is 0.266 e. The van der Waals surface area contributed by atoms with Gasteiger partial charge in [-0.05, 0) is 60.7 Å². The van der Waals surface area contributed by atoms with Crippen LogP contribution in [0.3, 0.4) is 0 Å². The fourth-order valence-electron chi connectivity index (χ4n) is 2.90. The van der Waals surface area contributed by atoms with E-state index in [1.54, 1.807) is 38.4 Å². The number of nitrogens with one attached hydrogen (secondary N) is 2. The summed E-state index contributed by atoms with van der Waals surface area (Å²) in [6.45, 7) is 0.243. The molecular weight excluding hydrogens is 483 g/mol. The van der Waals surface area contributed by atoms with Gasteiger partial charge in [-0.15, -0.1) is 0 Å². The molecule has 2 N–H and O–H groups in total. The Morgan fingerprint density at radius 2 is 2.00 bits per heavy atom. The van der Waals surface area contributed by atoms with E-state index in [1.807, 2.05) is 0 Å². The van der Waals surface area contributed by atoms with Gasteiger partial charge in [0, 0.05) is 19.7 Å². The second-order valence-electron chi connectivity index (χ2n) is 7.26. The van der Waals surface area contributed by atoms with E-state index in [0.717, 1.165) is 12.5 Å². The second kappa shape index (κ2) is 10.9. The third-order valence-electron chi connectivity index (χ3n) is 4.54. The molecule has 8 nitrogen and oxygen atoms in total. The van der Waals surface area contributed by atoms with Crippen LogP contribution in [0.4, 0.5) is 4.39 Å². The normalized spacial score (nSPS) is 10.4. The average molecular weight is 503 g/mol. The quantitative estimate of drug-likeness (QED) is 0.316. The lowest BCUT2D eigenvalue weighted by Crippen LogP contribution is -2.23. The standard InChI is InChI=1S/C20H13ClFN3O3S.C3H7NO/c21-15-9-12(4-6-16(15)22)25-19(27)14-5-3-11(8-17(14)24-20(25)29)18(26)23-10-13-2-1-7-28-13;1-4(2)3-5/h1-9H,10H2,(H,23,26)(H,24,29);3H,1-2H3. The Balaban J connectivity index is 0.000000588. The summed E-state index contributed by atoms with van der Waals surface area (Å²) in [5.74, 6) is -0.291. The summed E-state index contributed by atoms with van der Waals surface area (Å²) >= 11 is 11.1. The highest BCUT2D eigenvalue weighted by Crippen LogP contribution is 2.19. The van der Waals surface area contributed by atoms with Crippen molar-refractivity contribution in [3.05, 3.63) is 92.1 Å². The lowest BCUT2D eigenvalue weighted by atomic mass is 10.1. The molecule has 0 aliphatic heterocycles. The molecular formula is C23H20ClFN4O4S. The van der Waals surface area contributed by atoms with Gasteiger partial charge in [-0.3, -0.25) is 19.0 Å². The van der Waals surface area contributed by atoms with Crippen molar-refractivity contribution in [3.8, 4) is 5.69 Å². The van der Waals surface area contributed by atoms with Crippen LogP contribution < -0.4 is 10.9 Å². The molecule has 2 aromatic heterocycles. The molecule has 0 aliphatic carbocycles. The molecule has 0 saturated carbocycles. The maximum atomic E-state index is 13.4. The van der Waals surface area contributed by atoms with Gasteiger partial charge in [0.05, 0.1) is 34.4 Å². The van der Waals surface area contributed by atoms with E-state index in [0.29, 0.717) is 27.9 Å². The average Bonchev–Trinajstić information content (AvgIpc) is 3.33. The van der Waals surface area contributed by atoms with Gasteiger partial charge in [0.1, 0.15) is 11.6 Å². The number of benzene rings is 2. The smallest absolute Gasteiger partial charge is 0.266 e. The van der Waals surface area contributed by atoms with Crippen molar-refractivity contribution in [2.24, 2.45) is 0 Å². The number of halogens is 2. The number of amides is 2. The van der Waals surface area contributed by atoms with Crippen molar-refractivity contribution >= 4 is 47.0 Å². The van der Waals surface area contributed by atoms with Crippen LogP contribution in [0.15, 0.2) is 64.0 Å². The van der Waals surface area contributed by atoms with Crippen LogP contribution in [0, 0.1) is 10.6 Å². The zero-order chi connectivity index (χ0) is 24.8. The van der Waals surface area contributed by atoms with Crippen LogP contribution in [0.2, 0.25) is 5.02 Å². The lowest BCUT2D eigenvalue weighted by molar-refractivity contribution is -0.115. The molecule has 2 heterocycles. The van der Waals surface area contributed by atoms with Crippen molar-refractivity contribution in [1.29, 1.82) is 0 Å². The molecule has 0 atom stereocenters. The Morgan fingerprint density at radius 1 is 1.26 bits per heavy atom. The Hall–Kier alpha value is -3.76. The monoisotopic (exact) mass is 502 g/mol. The van der Waals surface area contributed by atoms with E-state index in [2.05, 4.69) is 10.3 Å². The number of fused-ring (bicyclic) bond motifs is 1. The molecule has 4 rings (SSSR count). The number of aromatic amines is 1. The Kier molecular flexibility index (Phi) is 7.98. The number of carbonyl (C=O) groups excluding carboxylic acids is 2. The van der Waals surface area contributed by atoms with Gasteiger partial charge >= 0.3 is 0 Å². The first-order valence-corrected chi connectivity index (χ1v) is 10.7. The third-order valence-corrected chi connectivity index (χ3v) is 5.11. The number of rotatable bonds is 5. The van der Waals surface area contributed by atoms with Crippen LogP contribution in [0.25, 0.3) is 16.6 Å². The number of nitrogens with zero attached hydrogens (tertiary/aromatic N) is 2. The molecule has 176 valence electrons. The minimum absolute atomic E-state index is 0.0957. The zero-order valence-corrected chi connectivity index (χ0v) is 19.7. The Labute approximate surface area is 203 Å². The molecule has 0 fully saturated rings. The molecule has 0 bridgehead atoms. The number of hydrogen-bond donors (Lipinski definition) is 2. The van der Waals surface area contributed by atoms with E-state index < -0.39 is 11.4 Å². The number of furan rings is 1. The van der Waals surface area contributed by atoms with E-state index in [9.17, 15) is 18.8 Å². The second-order valence-corrected chi connectivity index (χ2v) is 8.05. The summed E-state index contributed by atoms with van der Waals surface area (Å²) in [7, 11) is 3.38. The van der Waals surface area contributed by atoms with Gasteiger partial charge in [0.25, 0.3) is 11.5 Å². The molecule has 34 heavy (non-hydrogen) atoms. The van der Waals surface area contributed by atoms with Crippen LogP contribution in [-0.2, 0) is 11.3 Å². The molecule has 0 unspecified atom stereocenters. The summed E-state index contributed by atoms with van der Waals surface area (Å²) in [5, 5.41) is 2.94. The van der Waals surface area contributed by atoms with Crippen molar-refractivity contribution in [2.45, 2.75) is 6.54 Å². The van der Waals surface area contributed by atoms with Gasteiger partial charge in [-0.2, -0.15) is 0 Å². The first-order chi connectivity index (χ1) is 16.2. The van der Waals surface area contributed by atoms with Gasteiger partial charge in [0.15, 0.2) is 4.77 Å². The zero-order valence-electron chi connectivity index (χ0n) is 18.2. The fraction of sp³-hybridized carbons (Fsp3) is 0.130. The first kappa shape index (κ1) is 24.9. The van der Waals surface area contributed by atoms with Gasteiger partial charge in [-0.1, -0.05) is 11.6 Å². The van der Waals surface area contributed by atoms with Gasteiger partial charge in [0.2, 0.25) is 6.41 Å². The SMILES string of the molecule is CN(C)C=O.O=C(NCc1ccco1)c1ccc2c(=O)n(-c3ccc(F)c(Cl)c3)c(=S)[nH]c2c1. The minimum atomic E-state index is -0.593. The Bertz CT molecular complexity index is 1450. The highest BCUT2D eigenvalue weighted by molar-refractivity contribution is 7.71. The molecule has 0 aliphatic rings. The molecule has 11 heteroatoms. The molecule has 0 spiro atoms. The molecule has 4 aromatic rings. The van der Waals surface area contributed by atoms with Crippen molar-refractivity contribution in [3.63, 3.8) is 0 Å². The number of H-pyrrole nitrogens is 1. The van der Waals surface area contributed by atoms with Crippen molar-refractivity contribution < 1.29 is 18.4 Å². The highest BCUT2D eigenvalue weighted by atomic mass is 35.5. The maximum absolute atomic E-state index is 13.4. The first-order valence-electron chi connectivity index (χ1n) is 9.88. The summed E-state index contributed by atoms with van der Waals surface area (Å²) in [5.41, 5.74) is 0.700. The van der Waals surface area contributed by atoms with Gasteiger partial charge < -0.3 is 19.6 Å². The lowest BCUT2D eigenvalue weighted by Gasteiger charge is -2.10. The predicted octanol–water partition coefficient (Wildman–Crippen LogP) is 4.07. The van der Waals surface area contributed by atoms with Crippen LogP contribution in [-0.4, -0.2) is 40.9 Å². The largest absolute Gasteiger partial charge is 0.467 e. The van der Waals surface area contributed by atoms with E-state index in [1.165, 1.54) is 33.9 Å². The summed E-state index contributed by atoms with van der Waals surface area (Å²) < 4.78 is 19.9. The number of hydrogen-bond acceptors (Lipinski definition) is 5. The summed E-state index contributed by atoms with van der Waals surface area (Å²) in [4.78, 5) is 39.1. The van der Waals surface area contributed by atoms with Crippen LogP contribution in [0.1, 0.15) is 16.1 Å². The molecule has 2 amide bonds. The third kappa shape index (κ3) is 5.77. The van der Waals surface area contributed by atoms with Gasteiger partial charge in [-0.25, -0.2) is 4.39 Å². The van der Waals surface area contributed by atoms with Crippen molar-refractivity contribution in [1.82, 2.24) is 19.8 Å². The topological polar surface area (TPSA) is 100 Å². The summed E-state index contributed by atoms with van der Waals surface area (Å²) in [6, 6.07) is 12.0. The molecule has 0 saturated heterocycles. The highest BCUT2D eigenvalue weighted by Gasteiger charge is 2.13. The molecule has 0 radical (unpaired) electrons. The van der Waals surface area contributed by atoms with Crippen LogP contribution in [0.5, 0.6) is 0 Å². The van der Waals surface area contributed by atoms with E-state index >= 15 is 0 Å². The van der Waals surface area contributed by atoms with E-state index in [4.69, 9.17) is 28.2 Å². The number of carbonyl (C=O) groups is 2. The van der Waals surface area contributed by atoms with Crippen LogP contribution >= 0.6 is 23.8 Å². The Morgan fingerprint density at radius 3 is 2.62 bits per heavy atom. The van der Waals surface area contributed by atoms with Crippen molar-refractivity contribution in [2.75, 3.05) is 14.1 Å². The van der Waals surface area contributed by atoms with E-state index in [-0.39, 0.29) is 22.2 Å². The molecule has 2 aromatic carbocycles. The number of aromatic nitrogens is 2. The summed E-state index contributed by atoms with van der Waals surface area (Å²) in [6.07, 6.45) is 2.27. The predicted molar refractivity (Wildman–Crippen MR) is 129 cm³/mol.